The average Bonchev–Trinajstić information content (AvgIpc) is 3.12. The van der Waals surface area contributed by atoms with Crippen LogP contribution in [0.3, 0.4) is 0 Å². The lowest BCUT2D eigenvalue weighted by Crippen LogP contribution is -2.21. The number of sulfonamides is 1. The largest absolute Gasteiger partial charge is 0.493 e. The molecule has 1 aliphatic heterocycles. The van der Waals surface area contributed by atoms with Crippen molar-refractivity contribution in [2.24, 2.45) is 10.2 Å². The number of nitrogens with zero attached hydrogens (tertiary/aromatic N) is 2. The summed E-state index contributed by atoms with van der Waals surface area (Å²) in [6, 6.07) is 18.4. The predicted molar refractivity (Wildman–Crippen MR) is 135 cm³/mol. The summed E-state index contributed by atoms with van der Waals surface area (Å²) in [7, 11) is -2.29. The van der Waals surface area contributed by atoms with Gasteiger partial charge in [-0.05, 0) is 61.0 Å². The van der Waals surface area contributed by atoms with Crippen LogP contribution in [0.25, 0.3) is 6.08 Å². The molecule has 0 unspecified atom stereocenters. The third kappa shape index (κ3) is 5.37. The van der Waals surface area contributed by atoms with Gasteiger partial charge in [-0.15, -0.1) is 0 Å². The molecule has 8 nitrogen and oxygen atoms in total. The van der Waals surface area contributed by atoms with Gasteiger partial charge in [0.25, 0.3) is 5.91 Å². The molecule has 1 aliphatic rings. The molecule has 0 atom stereocenters. The second kappa shape index (κ2) is 9.91. The lowest BCUT2D eigenvalue weighted by atomic mass is 10.1. The van der Waals surface area contributed by atoms with Crippen LogP contribution < -0.4 is 19.6 Å². The standard InChI is InChI=1S/C25H22ClN3O5S/c1-16-21(25(30)29(28-16)19-8-10-20(11-9-19)35(27,31)32)13-17-7-12-23(24(14-17)33-2)34-15-18-5-3-4-6-22(18)26/h3-14H,15H2,1-2H3,(H2,27,31,32). The molecular formula is C25H22ClN3O5S. The Kier molecular flexibility index (Phi) is 6.93. The van der Waals surface area contributed by atoms with Crippen molar-refractivity contribution in [2.45, 2.75) is 18.4 Å². The predicted octanol–water partition coefficient (Wildman–Crippen LogP) is 4.38. The zero-order chi connectivity index (χ0) is 25.2. The van der Waals surface area contributed by atoms with Crippen LogP contribution in [0, 0.1) is 0 Å². The number of amides is 1. The first-order valence-corrected chi connectivity index (χ1v) is 12.4. The number of hydrogen-bond donors (Lipinski definition) is 1. The lowest BCUT2D eigenvalue weighted by molar-refractivity contribution is -0.114. The molecule has 1 heterocycles. The van der Waals surface area contributed by atoms with E-state index < -0.39 is 10.0 Å². The van der Waals surface area contributed by atoms with Gasteiger partial charge in [0.15, 0.2) is 11.5 Å². The van der Waals surface area contributed by atoms with Gasteiger partial charge in [-0.3, -0.25) is 4.79 Å². The lowest BCUT2D eigenvalue weighted by Gasteiger charge is -2.13. The number of carbonyl (C=O) groups excluding carboxylic acids is 1. The number of anilines is 1. The minimum atomic E-state index is -3.83. The number of methoxy groups -OCH3 is 1. The average molecular weight is 512 g/mol. The van der Waals surface area contributed by atoms with Crippen molar-refractivity contribution in [3.05, 3.63) is 88.5 Å². The third-order valence-electron chi connectivity index (χ3n) is 5.31. The Morgan fingerprint density at radius 3 is 2.43 bits per heavy atom. The zero-order valence-electron chi connectivity index (χ0n) is 18.9. The Morgan fingerprint density at radius 2 is 1.77 bits per heavy atom. The maximum atomic E-state index is 13.0. The summed E-state index contributed by atoms with van der Waals surface area (Å²) >= 11 is 6.20. The van der Waals surface area contributed by atoms with E-state index in [9.17, 15) is 13.2 Å². The maximum Gasteiger partial charge on any atom is 0.280 e. The number of hydrazone groups is 1. The minimum Gasteiger partial charge on any atom is -0.493 e. The summed E-state index contributed by atoms with van der Waals surface area (Å²) in [5, 5.41) is 11.3. The number of benzene rings is 3. The third-order valence-corrected chi connectivity index (χ3v) is 6.61. The van der Waals surface area contributed by atoms with Gasteiger partial charge in [0.2, 0.25) is 10.0 Å². The molecule has 0 aromatic heterocycles. The number of carbonyl (C=O) groups is 1. The van der Waals surface area contributed by atoms with Crippen molar-refractivity contribution in [1.82, 2.24) is 0 Å². The van der Waals surface area contributed by atoms with E-state index >= 15 is 0 Å². The molecule has 0 saturated heterocycles. The molecule has 0 bridgehead atoms. The SMILES string of the molecule is COc1cc(C=C2C(=O)N(c3ccc(S(N)(=O)=O)cc3)N=C2C)ccc1OCc1ccccc1Cl. The van der Waals surface area contributed by atoms with E-state index in [4.69, 9.17) is 26.2 Å². The normalized spacial score (nSPS) is 14.9. The van der Waals surface area contributed by atoms with E-state index in [2.05, 4.69) is 5.10 Å². The number of rotatable bonds is 7. The molecule has 4 rings (SSSR count). The van der Waals surface area contributed by atoms with E-state index in [0.717, 1.165) is 11.1 Å². The van der Waals surface area contributed by atoms with Crippen LogP contribution in [0.2, 0.25) is 5.02 Å². The van der Waals surface area contributed by atoms with E-state index in [1.807, 2.05) is 24.3 Å². The summed E-state index contributed by atoms with van der Waals surface area (Å²) in [5.74, 6) is 0.694. The molecule has 0 spiro atoms. The fourth-order valence-electron chi connectivity index (χ4n) is 3.47. The molecule has 0 saturated carbocycles. The highest BCUT2D eigenvalue weighted by atomic mass is 35.5. The second-order valence-corrected chi connectivity index (χ2v) is 9.66. The van der Waals surface area contributed by atoms with Gasteiger partial charge < -0.3 is 9.47 Å². The topological polar surface area (TPSA) is 111 Å². The fraction of sp³-hybridized carbons (Fsp3) is 0.120. The van der Waals surface area contributed by atoms with Crippen molar-refractivity contribution < 1.29 is 22.7 Å². The van der Waals surface area contributed by atoms with Gasteiger partial charge in [0, 0.05) is 10.6 Å². The Bertz CT molecular complexity index is 1450. The fourth-order valence-corrected chi connectivity index (χ4v) is 4.17. The van der Waals surface area contributed by atoms with Gasteiger partial charge in [-0.25, -0.2) is 13.6 Å². The first kappa shape index (κ1) is 24.5. The number of halogens is 1. The Morgan fingerprint density at radius 1 is 1.06 bits per heavy atom. The molecule has 1 amide bonds. The summed E-state index contributed by atoms with van der Waals surface area (Å²) in [4.78, 5) is 13.0. The van der Waals surface area contributed by atoms with Gasteiger partial charge >= 0.3 is 0 Å². The molecule has 10 heteroatoms. The Hall–Kier alpha value is -3.66. The van der Waals surface area contributed by atoms with E-state index in [0.29, 0.717) is 33.5 Å². The first-order valence-electron chi connectivity index (χ1n) is 10.5. The highest BCUT2D eigenvalue weighted by Crippen LogP contribution is 2.32. The zero-order valence-corrected chi connectivity index (χ0v) is 20.5. The summed E-state index contributed by atoms with van der Waals surface area (Å²) < 4.78 is 34.3. The van der Waals surface area contributed by atoms with Crippen LogP contribution >= 0.6 is 11.6 Å². The van der Waals surface area contributed by atoms with Crippen LogP contribution in [0.4, 0.5) is 5.69 Å². The quantitative estimate of drug-likeness (QED) is 0.473. The molecule has 180 valence electrons. The van der Waals surface area contributed by atoms with Crippen molar-refractivity contribution in [2.75, 3.05) is 12.1 Å². The number of hydrogen-bond acceptors (Lipinski definition) is 6. The van der Waals surface area contributed by atoms with Gasteiger partial charge in [-0.2, -0.15) is 10.1 Å². The molecule has 0 radical (unpaired) electrons. The van der Waals surface area contributed by atoms with Crippen molar-refractivity contribution in [3.8, 4) is 11.5 Å². The van der Waals surface area contributed by atoms with Crippen LogP contribution in [0.5, 0.6) is 11.5 Å². The van der Waals surface area contributed by atoms with Gasteiger partial charge in [0.1, 0.15) is 6.61 Å². The maximum absolute atomic E-state index is 13.0. The van der Waals surface area contributed by atoms with Crippen molar-refractivity contribution >= 4 is 45.0 Å². The van der Waals surface area contributed by atoms with E-state index in [-0.39, 0.29) is 17.4 Å². The molecule has 35 heavy (non-hydrogen) atoms. The minimum absolute atomic E-state index is 0.0479. The van der Waals surface area contributed by atoms with Gasteiger partial charge in [0.05, 0.1) is 29.0 Å². The smallest absolute Gasteiger partial charge is 0.280 e. The highest BCUT2D eigenvalue weighted by Gasteiger charge is 2.29. The second-order valence-electron chi connectivity index (χ2n) is 7.69. The highest BCUT2D eigenvalue weighted by molar-refractivity contribution is 7.89. The van der Waals surface area contributed by atoms with Crippen LogP contribution in [0.1, 0.15) is 18.1 Å². The van der Waals surface area contributed by atoms with Crippen LogP contribution in [0.15, 0.2) is 82.3 Å². The summed E-state index contributed by atoms with van der Waals surface area (Å²) in [5.41, 5.74) is 2.90. The van der Waals surface area contributed by atoms with E-state index in [1.54, 1.807) is 31.2 Å². The monoisotopic (exact) mass is 511 g/mol. The van der Waals surface area contributed by atoms with Crippen molar-refractivity contribution in [1.29, 1.82) is 0 Å². The molecule has 0 aliphatic carbocycles. The summed E-state index contributed by atoms with van der Waals surface area (Å²) in [6.45, 7) is 2.00. The van der Waals surface area contributed by atoms with Crippen molar-refractivity contribution in [3.63, 3.8) is 0 Å². The van der Waals surface area contributed by atoms with Crippen LogP contribution in [-0.2, 0) is 21.4 Å². The Balaban J connectivity index is 1.54. The van der Waals surface area contributed by atoms with Crippen LogP contribution in [-0.4, -0.2) is 27.1 Å². The molecule has 0 fully saturated rings. The summed E-state index contributed by atoms with van der Waals surface area (Å²) in [6.07, 6.45) is 1.71. The first-order chi connectivity index (χ1) is 16.7. The molecule has 2 N–H and O–H groups in total. The molecule has 3 aromatic carbocycles. The molecule has 3 aromatic rings. The molecular weight excluding hydrogens is 490 g/mol. The number of primary sulfonamides is 1. The number of nitrogens with two attached hydrogens (primary N) is 1. The van der Waals surface area contributed by atoms with Gasteiger partial charge in [-0.1, -0.05) is 35.9 Å². The van der Waals surface area contributed by atoms with E-state index in [1.165, 1.54) is 36.4 Å². The number of ether oxygens (including phenoxy) is 2. The Labute approximate surface area is 208 Å².